The predicted octanol–water partition coefficient (Wildman–Crippen LogP) is 3.78. The summed E-state index contributed by atoms with van der Waals surface area (Å²) in [5.41, 5.74) is 8.10. The van der Waals surface area contributed by atoms with Gasteiger partial charge in [0, 0.05) is 16.7 Å². The van der Waals surface area contributed by atoms with Crippen LogP contribution < -0.4 is 20.5 Å². The van der Waals surface area contributed by atoms with Crippen LogP contribution in [0, 0.1) is 0 Å². The van der Waals surface area contributed by atoms with Crippen molar-refractivity contribution in [2.24, 2.45) is 10.7 Å². The van der Waals surface area contributed by atoms with Gasteiger partial charge in [-0.25, -0.2) is 4.99 Å². The molecule has 0 bridgehead atoms. The highest BCUT2D eigenvalue weighted by molar-refractivity contribution is 14.0. The van der Waals surface area contributed by atoms with Crippen LogP contribution in [0.25, 0.3) is 0 Å². The third-order valence-electron chi connectivity index (χ3n) is 4.57. The van der Waals surface area contributed by atoms with Crippen molar-refractivity contribution in [1.29, 1.82) is 0 Å². The number of nitrogens with two attached hydrogens (primary N) is 1. The Morgan fingerprint density at radius 2 is 1.80 bits per heavy atom. The van der Waals surface area contributed by atoms with Gasteiger partial charge in [0.2, 0.25) is 0 Å². The molecule has 0 amide bonds. The molecule has 0 heterocycles. The molecule has 2 aromatic rings. The molecule has 2 unspecified atom stereocenters. The van der Waals surface area contributed by atoms with Gasteiger partial charge in [0.15, 0.2) is 5.96 Å². The number of ether oxygens (including phenoxy) is 2. The summed E-state index contributed by atoms with van der Waals surface area (Å²) in [4.78, 5) is 4.63. The summed E-state index contributed by atoms with van der Waals surface area (Å²) < 4.78 is 10.6. The summed E-state index contributed by atoms with van der Waals surface area (Å²) >= 11 is 0. The molecular formula is C19H24IN3O2. The zero-order chi connectivity index (χ0) is 17.2. The van der Waals surface area contributed by atoms with E-state index in [1.54, 1.807) is 14.2 Å². The van der Waals surface area contributed by atoms with Crippen molar-refractivity contribution >= 4 is 35.6 Å². The number of para-hydroxylation sites is 1. The fourth-order valence-electron chi connectivity index (χ4n) is 2.96. The molecule has 1 aliphatic carbocycles. The van der Waals surface area contributed by atoms with Crippen molar-refractivity contribution in [2.75, 3.05) is 19.5 Å². The zero-order valence-corrected chi connectivity index (χ0v) is 17.0. The third kappa shape index (κ3) is 4.18. The van der Waals surface area contributed by atoms with E-state index in [2.05, 4.69) is 23.3 Å². The smallest absolute Gasteiger partial charge is 0.193 e. The molecule has 3 N–H and O–H groups in total. The Hall–Kier alpha value is -1.96. The van der Waals surface area contributed by atoms with Crippen LogP contribution in [0.5, 0.6) is 11.5 Å². The minimum absolute atomic E-state index is 0. The van der Waals surface area contributed by atoms with Gasteiger partial charge in [-0.2, -0.15) is 0 Å². The Labute approximate surface area is 165 Å². The lowest BCUT2D eigenvalue weighted by Gasteiger charge is -2.15. The molecule has 2 aromatic carbocycles. The second-order valence-electron chi connectivity index (χ2n) is 6.21. The summed E-state index contributed by atoms with van der Waals surface area (Å²) in [7, 11) is 3.34. The minimum Gasteiger partial charge on any atom is -0.497 e. The van der Waals surface area contributed by atoms with Gasteiger partial charge in [0.25, 0.3) is 0 Å². The van der Waals surface area contributed by atoms with Crippen molar-refractivity contribution in [3.8, 4) is 11.5 Å². The molecule has 0 spiro atoms. The molecule has 1 aliphatic rings. The zero-order valence-electron chi connectivity index (χ0n) is 14.7. The van der Waals surface area contributed by atoms with Gasteiger partial charge in [-0.05, 0) is 36.8 Å². The topological polar surface area (TPSA) is 68.9 Å². The summed E-state index contributed by atoms with van der Waals surface area (Å²) in [5, 5.41) is 3.12. The van der Waals surface area contributed by atoms with Gasteiger partial charge in [-0.15, -0.1) is 24.0 Å². The van der Waals surface area contributed by atoms with Crippen LogP contribution in [0.3, 0.4) is 0 Å². The molecule has 0 saturated heterocycles. The lowest BCUT2D eigenvalue weighted by molar-refractivity contribution is 0.405. The van der Waals surface area contributed by atoms with Crippen LogP contribution in [0.2, 0.25) is 0 Å². The molecule has 0 aliphatic heterocycles. The van der Waals surface area contributed by atoms with Crippen molar-refractivity contribution < 1.29 is 9.47 Å². The molecule has 1 saturated carbocycles. The number of rotatable bonds is 5. The van der Waals surface area contributed by atoms with E-state index in [1.165, 1.54) is 5.56 Å². The van der Waals surface area contributed by atoms with Crippen LogP contribution >= 0.6 is 24.0 Å². The van der Waals surface area contributed by atoms with E-state index in [1.807, 2.05) is 42.5 Å². The summed E-state index contributed by atoms with van der Waals surface area (Å²) in [6.07, 6.45) is 0.957. The van der Waals surface area contributed by atoms with E-state index in [4.69, 9.17) is 15.2 Å². The fraction of sp³-hybridized carbons (Fsp3) is 0.316. The highest BCUT2D eigenvalue weighted by Crippen LogP contribution is 2.52. The molecule has 6 heteroatoms. The van der Waals surface area contributed by atoms with Gasteiger partial charge in [0.1, 0.15) is 11.5 Å². The number of nitrogens with one attached hydrogen (secondary N) is 1. The van der Waals surface area contributed by atoms with Crippen molar-refractivity contribution in [1.82, 2.24) is 0 Å². The van der Waals surface area contributed by atoms with Gasteiger partial charge < -0.3 is 20.5 Å². The molecule has 1 fully saturated rings. The van der Waals surface area contributed by atoms with Crippen molar-refractivity contribution in [3.63, 3.8) is 0 Å². The molecular weight excluding hydrogens is 429 g/mol. The quantitative estimate of drug-likeness (QED) is 0.411. The third-order valence-corrected chi connectivity index (χ3v) is 4.57. The summed E-state index contributed by atoms with van der Waals surface area (Å²) in [6, 6.07) is 15.8. The Morgan fingerprint density at radius 1 is 1.12 bits per heavy atom. The van der Waals surface area contributed by atoms with Gasteiger partial charge >= 0.3 is 0 Å². The largest absolute Gasteiger partial charge is 0.497 e. The van der Waals surface area contributed by atoms with Crippen LogP contribution in [-0.2, 0) is 5.41 Å². The van der Waals surface area contributed by atoms with E-state index >= 15 is 0 Å². The number of benzene rings is 2. The average Bonchev–Trinajstić information content (AvgIpc) is 3.26. The molecule has 25 heavy (non-hydrogen) atoms. The SMILES string of the molecule is COc1ccc(NC(N)=NC2CC2(C)c2ccccc2OC)cc1.I. The molecule has 5 nitrogen and oxygen atoms in total. The standard InChI is InChI=1S/C19H23N3O2.HI/c1-19(15-6-4-5-7-16(15)24-3)12-17(19)22-18(20)21-13-8-10-14(23-2)11-9-13;/h4-11,17H,12H2,1-3H3,(H3,20,21,22);1H. The first-order chi connectivity index (χ1) is 11.6. The first kappa shape index (κ1) is 19.4. The number of methoxy groups -OCH3 is 2. The number of halogens is 1. The van der Waals surface area contributed by atoms with Gasteiger partial charge in [-0.1, -0.05) is 25.1 Å². The molecule has 0 radical (unpaired) electrons. The number of hydrogen-bond donors (Lipinski definition) is 2. The van der Waals surface area contributed by atoms with E-state index in [0.29, 0.717) is 5.96 Å². The second-order valence-corrected chi connectivity index (χ2v) is 6.21. The van der Waals surface area contributed by atoms with Crippen LogP contribution in [0.15, 0.2) is 53.5 Å². The van der Waals surface area contributed by atoms with Crippen LogP contribution in [0.4, 0.5) is 5.69 Å². The second kappa shape index (κ2) is 7.95. The van der Waals surface area contributed by atoms with E-state index in [-0.39, 0.29) is 35.4 Å². The van der Waals surface area contributed by atoms with E-state index < -0.39 is 0 Å². The van der Waals surface area contributed by atoms with E-state index in [9.17, 15) is 0 Å². The summed E-state index contributed by atoms with van der Waals surface area (Å²) in [5.74, 6) is 2.13. The number of aliphatic imine (C=N–C) groups is 1. The van der Waals surface area contributed by atoms with Crippen LogP contribution in [0.1, 0.15) is 18.9 Å². The fourth-order valence-corrected chi connectivity index (χ4v) is 2.96. The average molecular weight is 453 g/mol. The van der Waals surface area contributed by atoms with Crippen LogP contribution in [-0.4, -0.2) is 26.2 Å². The van der Waals surface area contributed by atoms with Crippen molar-refractivity contribution in [3.05, 3.63) is 54.1 Å². The summed E-state index contributed by atoms with van der Waals surface area (Å²) in [6.45, 7) is 2.19. The highest BCUT2D eigenvalue weighted by atomic mass is 127. The highest BCUT2D eigenvalue weighted by Gasteiger charge is 2.53. The number of guanidine groups is 1. The monoisotopic (exact) mass is 453 g/mol. The molecule has 2 atom stereocenters. The Balaban J connectivity index is 0.00000225. The number of hydrogen-bond acceptors (Lipinski definition) is 3. The van der Waals surface area contributed by atoms with Gasteiger partial charge in [-0.3, -0.25) is 0 Å². The minimum atomic E-state index is -0.0290. The Morgan fingerprint density at radius 3 is 2.44 bits per heavy atom. The predicted molar refractivity (Wildman–Crippen MR) is 112 cm³/mol. The molecule has 3 rings (SSSR count). The molecule has 134 valence electrons. The first-order valence-electron chi connectivity index (χ1n) is 7.94. The maximum Gasteiger partial charge on any atom is 0.193 e. The Kier molecular flexibility index (Phi) is 6.16. The maximum absolute atomic E-state index is 6.06. The number of anilines is 1. The van der Waals surface area contributed by atoms with Crippen molar-refractivity contribution in [2.45, 2.75) is 24.8 Å². The first-order valence-corrected chi connectivity index (χ1v) is 7.94. The normalized spacial score (nSPS) is 21.9. The maximum atomic E-state index is 6.06. The number of nitrogens with zero attached hydrogens (tertiary/aromatic N) is 1. The molecule has 0 aromatic heterocycles. The lowest BCUT2D eigenvalue weighted by Crippen LogP contribution is -2.24. The van der Waals surface area contributed by atoms with Gasteiger partial charge in [0.05, 0.1) is 20.3 Å². The lowest BCUT2D eigenvalue weighted by atomic mass is 9.96. The Bertz CT molecular complexity index is 749. The van der Waals surface area contributed by atoms with E-state index in [0.717, 1.165) is 23.6 Å².